The summed E-state index contributed by atoms with van der Waals surface area (Å²) in [5.74, 6) is 0.397. The van der Waals surface area contributed by atoms with Crippen molar-refractivity contribution in [3.8, 4) is 0 Å². The van der Waals surface area contributed by atoms with E-state index in [1.807, 2.05) is 0 Å². The summed E-state index contributed by atoms with van der Waals surface area (Å²) in [4.78, 5) is 23.2. The molecule has 5 nitrogen and oxygen atoms in total. The lowest BCUT2D eigenvalue weighted by molar-refractivity contribution is -0.159. The first kappa shape index (κ1) is 14.6. The van der Waals surface area contributed by atoms with Gasteiger partial charge >= 0.3 is 11.9 Å². The van der Waals surface area contributed by atoms with Gasteiger partial charge in [0.2, 0.25) is 0 Å². The third-order valence-electron chi connectivity index (χ3n) is 4.74. The SMILES string of the molecule is O=C1CCCC(CC(O)COC(=O)C2CC3C=CC2C3)O1. The van der Waals surface area contributed by atoms with Crippen molar-refractivity contribution in [3.63, 3.8) is 0 Å². The molecule has 1 saturated carbocycles. The Morgan fingerprint density at radius 3 is 2.95 bits per heavy atom. The topological polar surface area (TPSA) is 72.8 Å². The van der Waals surface area contributed by atoms with Crippen LogP contribution in [0.25, 0.3) is 0 Å². The first-order valence-electron chi connectivity index (χ1n) is 7.84. The molecule has 2 fully saturated rings. The average Bonchev–Trinajstić information content (AvgIpc) is 3.07. The molecule has 1 saturated heterocycles. The molecule has 116 valence electrons. The Labute approximate surface area is 124 Å². The van der Waals surface area contributed by atoms with E-state index in [1.165, 1.54) is 0 Å². The number of carbonyl (C=O) groups excluding carboxylic acids is 2. The molecule has 5 unspecified atom stereocenters. The lowest BCUT2D eigenvalue weighted by Crippen LogP contribution is -2.31. The van der Waals surface area contributed by atoms with E-state index in [9.17, 15) is 14.7 Å². The van der Waals surface area contributed by atoms with Crippen molar-refractivity contribution >= 4 is 11.9 Å². The lowest BCUT2D eigenvalue weighted by Gasteiger charge is -2.24. The van der Waals surface area contributed by atoms with E-state index in [4.69, 9.17) is 9.47 Å². The normalized spacial score (nSPS) is 35.6. The van der Waals surface area contributed by atoms with Gasteiger partial charge in [0.25, 0.3) is 0 Å². The maximum Gasteiger partial charge on any atom is 0.309 e. The van der Waals surface area contributed by atoms with Crippen LogP contribution in [0.2, 0.25) is 0 Å². The van der Waals surface area contributed by atoms with Gasteiger partial charge in [-0.25, -0.2) is 0 Å². The van der Waals surface area contributed by atoms with E-state index >= 15 is 0 Å². The van der Waals surface area contributed by atoms with Gasteiger partial charge in [-0.05, 0) is 37.5 Å². The van der Waals surface area contributed by atoms with Crippen molar-refractivity contribution in [1.82, 2.24) is 0 Å². The summed E-state index contributed by atoms with van der Waals surface area (Å²) in [6.07, 6.45) is 7.58. The third kappa shape index (κ3) is 3.46. The number of allylic oxidation sites excluding steroid dienone is 2. The Kier molecular flexibility index (Phi) is 4.29. The number of hydrogen-bond acceptors (Lipinski definition) is 5. The van der Waals surface area contributed by atoms with Crippen molar-refractivity contribution in [3.05, 3.63) is 12.2 Å². The minimum absolute atomic E-state index is 0.00944. The summed E-state index contributed by atoms with van der Waals surface area (Å²) < 4.78 is 10.4. The van der Waals surface area contributed by atoms with Gasteiger partial charge in [0.1, 0.15) is 12.7 Å². The summed E-state index contributed by atoms with van der Waals surface area (Å²) >= 11 is 0. The number of rotatable bonds is 5. The Balaban J connectivity index is 1.39. The molecular weight excluding hydrogens is 272 g/mol. The van der Waals surface area contributed by atoms with Crippen molar-refractivity contribution in [1.29, 1.82) is 0 Å². The van der Waals surface area contributed by atoms with E-state index in [-0.39, 0.29) is 30.6 Å². The molecule has 3 aliphatic rings. The second-order valence-electron chi connectivity index (χ2n) is 6.41. The van der Waals surface area contributed by atoms with Crippen LogP contribution in [0.4, 0.5) is 0 Å². The lowest BCUT2D eigenvalue weighted by atomic mass is 9.94. The van der Waals surface area contributed by atoms with Crippen LogP contribution in [0.5, 0.6) is 0 Å². The largest absolute Gasteiger partial charge is 0.463 e. The van der Waals surface area contributed by atoms with Crippen molar-refractivity contribution < 1.29 is 24.2 Å². The van der Waals surface area contributed by atoms with Gasteiger partial charge in [0.05, 0.1) is 12.0 Å². The summed E-state index contributed by atoms with van der Waals surface area (Å²) in [5, 5.41) is 9.93. The van der Waals surface area contributed by atoms with Gasteiger partial charge in [-0.1, -0.05) is 12.2 Å². The summed E-state index contributed by atoms with van der Waals surface area (Å²) in [5.41, 5.74) is 0. The van der Waals surface area contributed by atoms with E-state index in [1.54, 1.807) is 0 Å². The third-order valence-corrected chi connectivity index (χ3v) is 4.74. The highest BCUT2D eigenvalue weighted by molar-refractivity contribution is 5.74. The molecule has 5 heteroatoms. The Hall–Kier alpha value is -1.36. The van der Waals surface area contributed by atoms with Crippen LogP contribution in [0.3, 0.4) is 0 Å². The molecular formula is C16H22O5. The highest BCUT2D eigenvalue weighted by Crippen LogP contribution is 2.43. The number of cyclic esters (lactones) is 1. The van der Waals surface area contributed by atoms with E-state index < -0.39 is 6.10 Å². The van der Waals surface area contributed by atoms with E-state index in [2.05, 4.69) is 12.2 Å². The molecule has 0 spiro atoms. The van der Waals surface area contributed by atoms with Crippen molar-refractivity contribution in [2.75, 3.05) is 6.61 Å². The van der Waals surface area contributed by atoms with Gasteiger partial charge in [-0.15, -0.1) is 0 Å². The number of aliphatic hydroxyl groups is 1. The standard InChI is InChI=1S/C16H22O5/c17-12(8-13-2-1-3-15(18)21-13)9-20-16(19)14-7-10-4-5-11(14)6-10/h4-5,10-14,17H,1-3,6-9H2. The van der Waals surface area contributed by atoms with Crippen molar-refractivity contribution in [2.45, 2.75) is 50.7 Å². The Morgan fingerprint density at radius 1 is 1.43 bits per heavy atom. The first-order valence-corrected chi connectivity index (χ1v) is 7.84. The van der Waals surface area contributed by atoms with Gasteiger partial charge in [-0.2, -0.15) is 0 Å². The fourth-order valence-corrected chi connectivity index (χ4v) is 3.65. The zero-order chi connectivity index (χ0) is 14.8. The second-order valence-corrected chi connectivity index (χ2v) is 6.41. The Bertz CT molecular complexity index is 444. The number of aliphatic hydroxyl groups excluding tert-OH is 1. The summed E-state index contributed by atoms with van der Waals surface area (Å²) in [6, 6.07) is 0. The molecule has 0 aromatic carbocycles. The van der Waals surface area contributed by atoms with Crippen LogP contribution in [-0.4, -0.2) is 35.9 Å². The molecule has 1 N–H and O–H groups in total. The quantitative estimate of drug-likeness (QED) is 0.616. The zero-order valence-electron chi connectivity index (χ0n) is 12.1. The maximum atomic E-state index is 12.0. The highest BCUT2D eigenvalue weighted by Gasteiger charge is 2.40. The zero-order valence-corrected chi connectivity index (χ0v) is 12.1. The number of ether oxygens (including phenoxy) is 2. The number of carbonyl (C=O) groups is 2. The molecule has 1 aliphatic heterocycles. The van der Waals surface area contributed by atoms with Gasteiger partial charge in [-0.3, -0.25) is 9.59 Å². The van der Waals surface area contributed by atoms with Crippen LogP contribution in [-0.2, 0) is 19.1 Å². The molecule has 0 amide bonds. The monoisotopic (exact) mass is 294 g/mol. The molecule has 2 aliphatic carbocycles. The molecule has 5 atom stereocenters. The molecule has 3 rings (SSSR count). The number of esters is 2. The van der Waals surface area contributed by atoms with Crippen LogP contribution in [0, 0.1) is 17.8 Å². The van der Waals surface area contributed by atoms with Gasteiger partial charge in [0, 0.05) is 12.8 Å². The smallest absolute Gasteiger partial charge is 0.309 e. The van der Waals surface area contributed by atoms with E-state index in [0.29, 0.717) is 24.7 Å². The molecule has 21 heavy (non-hydrogen) atoms. The van der Waals surface area contributed by atoms with Crippen LogP contribution >= 0.6 is 0 Å². The minimum atomic E-state index is -0.765. The fraction of sp³-hybridized carbons (Fsp3) is 0.750. The molecule has 0 radical (unpaired) electrons. The fourth-order valence-electron chi connectivity index (χ4n) is 3.65. The highest BCUT2D eigenvalue weighted by atomic mass is 16.6. The molecule has 0 aromatic heterocycles. The van der Waals surface area contributed by atoms with Gasteiger partial charge in [0.15, 0.2) is 0 Å². The van der Waals surface area contributed by atoms with Crippen LogP contribution < -0.4 is 0 Å². The number of fused-ring (bicyclic) bond motifs is 2. The first-order chi connectivity index (χ1) is 10.1. The van der Waals surface area contributed by atoms with Gasteiger partial charge < -0.3 is 14.6 Å². The predicted octanol–water partition coefficient (Wildman–Crippen LogP) is 1.59. The minimum Gasteiger partial charge on any atom is -0.463 e. The van der Waals surface area contributed by atoms with Crippen LogP contribution in [0.1, 0.15) is 38.5 Å². The molecule has 1 heterocycles. The number of hydrogen-bond donors (Lipinski definition) is 1. The van der Waals surface area contributed by atoms with E-state index in [0.717, 1.165) is 25.7 Å². The molecule has 2 bridgehead atoms. The average molecular weight is 294 g/mol. The predicted molar refractivity (Wildman–Crippen MR) is 74.2 cm³/mol. The Morgan fingerprint density at radius 2 is 2.29 bits per heavy atom. The van der Waals surface area contributed by atoms with Crippen LogP contribution in [0.15, 0.2) is 12.2 Å². The summed E-state index contributed by atoms with van der Waals surface area (Å²) in [6.45, 7) is -0.00944. The maximum absolute atomic E-state index is 12.0. The second kappa shape index (κ2) is 6.18. The van der Waals surface area contributed by atoms with Crippen molar-refractivity contribution in [2.24, 2.45) is 17.8 Å². The molecule has 0 aromatic rings. The summed E-state index contributed by atoms with van der Waals surface area (Å²) in [7, 11) is 0.